The molecule has 1 aromatic carbocycles. The standard InChI is InChI=1S/C25H36N2O6/c1-2-3-4-5-9-12-26-23(29)21(13-17-10-7-6-8-11-17)27-22(28)18-14-19(24(30)31)16-20(15-18)25(32)33/h6-8,10-11,18-21H,2-5,9,12-16H2,1H3,(H,26,29)(H,27,28)(H,30,31)(H,32,33)/t18?,19?,20?,21-/m0/s1. The first-order valence-corrected chi connectivity index (χ1v) is 11.9. The molecular formula is C25H36N2O6. The minimum atomic E-state index is -1.10. The second-order valence-electron chi connectivity index (χ2n) is 8.93. The highest BCUT2D eigenvalue weighted by Crippen LogP contribution is 2.34. The lowest BCUT2D eigenvalue weighted by Gasteiger charge is -2.31. The van der Waals surface area contributed by atoms with E-state index >= 15 is 0 Å². The van der Waals surface area contributed by atoms with Gasteiger partial charge in [-0.25, -0.2) is 0 Å². The molecule has 0 saturated heterocycles. The van der Waals surface area contributed by atoms with Crippen LogP contribution >= 0.6 is 0 Å². The van der Waals surface area contributed by atoms with Crippen molar-refractivity contribution < 1.29 is 29.4 Å². The van der Waals surface area contributed by atoms with Crippen molar-refractivity contribution in [3.8, 4) is 0 Å². The number of benzene rings is 1. The van der Waals surface area contributed by atoms with Crippen molar-refractivity contribution in [2.75, 3.05) is 6.54 Å². The van der Waals surface area contributed by atoms with Crippen molar-refractivity contribution in [2.24, 2.45) is 17.8 Å². The molecule has 2 amide bonds. The molecule has 8 nitrogen and oxygen atoms in total. The van der Waals surface area contributed by atoms with Crippen molar-refractivity contribution >= 4 is 23.8 Å². The smallest absolute Gasteiger partial charge is 0.306 e. The van der Waals surface area contributed by atoms with Crippen LogP contribution < -0.4 is 10.6 Å². The lowest BCUT2D eigenvalue weighted by molar-refractivity contribution is -0.150. The normalized spacial score (nSPS) is 21.1. The highest BCUT2D eigenvalue weighted by molar-refractivity contribution is 5.89. The zero-order valence-corrected chi connectivity index (χ0v) is 19.3. The van der Waals surface area contributed by atoms with Gasteiger partial charge in [-0.3, -0.25) is 19.2 Å². The molecule has 3 atom stereocenters. The van der Waals surface area contributed by atoms with Crippen LogP contribution in [0.5, 0.6) is 0 Å². The Labute approximate surface area is 195 Å². The number of unbranched alkanes of at least 4 members (excludes halogenated alkanes) is 4. The van der Waals surface area contributed by atoms with E-state index in [1.54, 1.807) is 0 Å². The number of carboxylic acid groups (broad SMARTS) is 2. The molecule has 33 heavy (non-hydrogen) atoms. The van der Waals surface area contributed by atoms with E-state index in [1.807, 2.05) is 30.3 Å². The van der Waals surface area contributed by atoms with Gasteiger partial charge in [-0.15, -0.1) is 0 Å². The number of hydrogen-bond donors (Lipinski definition) is 4. The van der Waals surface area contributed by atoms with Gasteiger partial charge in [-0.2, -0.15) is 0 Å². The van der Waals surface area contributed by atoms with Crippen molar-refractivity contribution in [1.29, 1.82) is 0 Å². The Bertz CT molecular complexity index is 775. The Balaban J connectivity index is 2.04. The lowest BCUT2D eigenvalue weighted by Crippen LogP contribution is -2.51. The molecule has 1 aromatic rings. The second-order valence-corrected chi connectivity index (χ2v) is 8.93. The van der Waals surface area contributed by atoms with E-state index in [0.717, 1.165) is 37.7 Å². The molecule has 1 fully saturated rings. The highest BCUT2D eigenvalue weighted by Gasteiger charge is 2.39. The predicted molar refractivity (Wildman–Crippen MR) is 123 cm³/mol. The van der Waals surface area contributed by atoms with Crippen LogP contribution in [0.2, 0.25) is 0 Å². The molecule has 0 radical (unpaired) electrons. The Kier molecular flexibility index (Phi) is 10.9. The number of carbonyl (C=O) groups excluding carboxylic acids is 2. The third-order valence-electron chi connectivity index (χ3n) is 6.27. The van der Waals surface area contributed by atoms with Gasteiger partial charge in [0.15, 0.2) is 0 Å². The van der Waals surface area contributed by atoms with Crippen molar-refractivity contribution in [3.63, 3.8) is 0 Å². The highest BCUT2D eigenvalue weighted by atomic mass is 16.4. The van der Waals surface area contributed by atoms with Crippen LogP contribution in [-0.4, -0.2) is 46.6 Å². The summed E-state index contributed by atoms with van der Waals surface area (Å²) < 4.78 is 0. The zero-order chi connectivity index (χ0) is 24.2. The summed E-state index contributed by atoms with van der Waals surface area (Å²) in [6.07, 6.45) is 5.77. The molecule has 1 aliphatic carbocycles. The maximum atomic E-state index is 13.0. The number of rotatable bonds is 13. The van der Waals surface area contributed by atoms with Gasteiger partial charge in [-0.1, -0.05) is 62.9 Å². The fraction of sp³-hybridized carbons (Fsp3) is 0.600. The van der Waals surface area contributed by atoms with Crippen molar-refractivity contribution in [3.05, 3.63) is 35.9 Å². The van der Waals surface area contributed by atoms with E-state index in [-0.39, 0.29) is 25.2 Å². The molecule has 0 aliphatic heterocycles. The molecule has 8 heteroatoms. The first-order valence-electron chi connectivity index (χ1n) is 11.9. The quantitative estimate of drug-likeness (QED) is 0.335. The van der Waals surface area contributed by atoms with Crippen LogP contribution in [-0.2, 0) is 25.6 Å². The van der Waals surface area contributed by atoms with Crippen LogP contribution in [0, 0.1) is 17.8 Å². The summed E-state index contributed by atoms with van der Waals surface area (Å²) in [6, 6.07) is 8.51. The van der Waals surface area contributed by atoms with Gasteiger partial charge in [-0.05, 0) is 31.2 Å². The average Bonchev–Trinajstić information content (AvgIpc) is 2.81. The van der Waals surface area contributed by atoms with E-state index in [9.17, 15) is 29.4 Å². The van der Waals surface area contributed by atoms with Crippen LogP contribution in [0.15, 0.2) is 30.3 Å². The third-order valence-corrected chi connectivity index (χ3v) is 6.27. The summed E-state index contributed by atoms with van der Waals surface area (Å²) >= 11 is 0. The molecule has 0 aromatic heterocycles. The fourth-order valence-corrected chi connectivity index (χ4v) is 4.35. The van der Waals surface area contributed by atoms with E-state index in [1.165, 1.54) is 0 Å². The SMILES string of the molecule is CCCCCCCNC(=O)[C@H](Cc1ccccc1)NC(=O)C1CC(C(=O)O)CC(C(=O)O)C1. The first-order chi connectivity index (χ1) is 15.8. The Morgan fingerprint density at radius 1 is 0.879 bits per heavy atom. The Morgan fingerprint density at radius 2 is 1.45 bits per heavy atom. The molecular weight excluding hydrogens is 424 g/mol. The van der Waals surface area contributed by atoms with E-state index in [4.69, 9.17) is 0 Å². The van der Waals surface area contributed by atoms with E-state index < -0.39 is 41.6 Å². The molecule has 1 saturated carbocycles. The van der Waals surface area contributed by atoms with Crippen molar-refractivity contribution in [1.82, 2.24) is 10.6 Å². The number of carboxylic acids is 2. The second kappa shape index (κ2) is 13.6. The zero-order valence-electron chi connectivity index (χ0n) is 19.3. The number of aliphatic carboxylic acids is 2. The number of amides is 2. The maximum Gasteiger partial charge on any atom is 0.306 e. The van der Waals surface area contributed by atoms with Gasteiger partial charge in [0, 0.05) is 18.9 Å². The number of nitrogens with one attached hydrogen (secondary N) is 2. The largest absolute Gasteiger partial charge is 0.481 e. The molecule has 0 bridgehead atoms. The minimum Gasteiger partial charge on any atom is -0.481 e. The molecule has 4 N–H and O–H groups in total. The minimum absolute atomic E-state index is 0.0143. The Hall–Kier alpha value is -2.90. The summed E-state index contributed by atoms with van der Waals surface area (Å²) in [4.78, 5) is 48.9. The molecule has 182 valence electrons. The summed E-state index contributed by atoms with van der Waals surface area (Å²) in [5, 5.41) is 24.5. The van der Waals surface area contributed by atoms with Crippen LogP contribution in [0.1, 0.15) is 63.9 Å². The topological polar surface area (TPSA) is 133 Å². The van der Waals surface area contributed by atoms with Gasteiger partial charge in [0.25, 0.3) is 0 Å². The summed E-state index contributed by atoms with van der Waals surface area (Å²) in [7, 11) is 0. The van der Waals surface area contributed by atoms with Gasteiger partial charge < -0.3 is 20.8 Å². The summed E-state index contributed by atoms with van der Waals surface area (Å²) in [6.45, 7) is 2.66. The predicted octanol–water partition coefficient (Wildman–Crippen LogP) is 3.00. The van der Waals surface area contributed by atoms with E-state index in [0.29, 0.717) is 13.0 Å². The number of hydrogen-bond acceptors (Lipinski definition) is 4. The Morgan fingerprint density at radius 3 is 2.03 bits per heavy atom. The molecule has 0 heterocycles. The van der Waals surface area contributed by atoms with E-state index in [2.05, 4.69) is 17.6 Å². The maximum absolute atomic E-state index is 13.0. The van der Waals surface area contributed by atoms with Crippen LogP contribution in [0.3, 0.4) is 0 Å². The van der Waals surface area contributed by atoms with Crippen molar-refractivity contribution in [2.45, 2.75) is 70.8 Å². The molecule has 2 rings (SSSR count). The van der Waals surface area contributed by atoms with Gasteiger partial charge in [0.1, 0.15) is 6.04 Å². The summed E-state index contributed by atoms with van der Waals surface area (Å²) in [5.74, 6) is -5.49. The third kappa shape index (κ3) is 8.86. The average molecular weight is 461 g/mol. The van der Waals surface area contributed by atoms with Gasteiger partial charge >= 0.3 is 11.9 Å². The molecule has 2 unspecified atom stereocenters. The lowest BCUT2D eigenvalue weighted by atomic mass is 9.74. The fourth-order valence-electron chi connectivity index (χ4n) is 4.35. The summed E-state index contributed by atoms with van der Waals surface area (Å²) in [5.41, 5.74) is 0.886. The van der Waals surface area contributed by atoms with Crippen LogP contribution in [0.4, 0.5) is 0 Å². The van der Waals surface area contributed by atoms with Gasteiger partial charge in [0.05, 0.1) is 11.8 Å². The molecule has 0 spiro atoms. The number of carbonyl (C=O) groups is 4. The monoisotopic (exact) mass is 460 g/mol. The molecule has 1 aliphatic rings. The van der Waals surface area contributed by atoms with Gasteiger partial charge in [0.2, 0.25) is 11.8 Å². The van der Waals surface area contributed by atoms with Crippen LogP contribution in [0.25, 0.3) is 0 Å². The first kappa shape index (κ1) is 26.4.